The summed E-state index contributed by atoms with van der Waals surface area (Å²) in [6.07, 6.45) is 0.733. The summed E-state index contributed by atoms with van der Waals surface area (Å²) in [5.41, 5.74) is 0.115. The quantitative estimate of drug-likeness (QED) is 0.766. The lowest BCUT2D eigenvalue weighted by Crippen LogP contribution is -2.16. The Morgan fingerprint density at radius 3 is 1.45 bits per heavy atom. The van der Waals surface area contributed by atoms with Crippen molar-refractivity contribution in [1.29, 1.82) is 0 Å². The number of carbonyl (C=O) groups is 2. The molecule has 2 saturated heterocycles. The van der Waals surface area contributed by atoms with E-state index in [0.717, 1.165) is 0 Å². The molecule has 6 nitrogen and oxygen atoms in total. The molecule has 0 radical (unpaired) electrons. The highest BCUT2D eigenvalue weighted by atomic mass is 35.5. The molecular formula is C14H12Cl2O6. The van der Waals surface area contributed by atoms with E-state index < -0.39 is 23.1 Å². The Balaban J connectivity index is 2.20. The molecule has 2 unspecified atom stereocenters. The number of rotatable bonds is 6. The number of halogens is 2. The van der Waals surface area contributed by atoms with E-state index in [1.54, 1.807) is 0 Å². The number of epoxide rings is 2. The third-order valence-electron chi connectivity index (χ3n) is 3.68. The van der Waals surface area contributed by atoms with E-state index >= 15 is 0 Å². The van der Waals surface area contributed by atoms with Crippen molar-refractivity contribution in [2.75, 3.05) is 13.2 Å². The molecule has 8 heteroatoms. The highest BCUT2D eigenvalue weighted by Crippen LogP contribution is 2.39. The fraction of sp³-hybridized carbons (Fsp3) is 0.429. The summed E-state index contributed by atoms with van der Waals surface area (Å²) in [5.74, 6) is -2.84. The molecule has 2 fully saturated rings. The van der Waals surface area contributed by atoms with Crippen LogP contribution in [0.25, 0.3) is 0 Å². The van der Waals surface area contributed by atoms with Gasteiger partial charge in [-0.1, -0.05) is 23.2 Å². The number of benzene rings is 1. The first-order valence-electron chi connectivity index (χ1n) is 6.62. The average Bonchev–Trinajstić information content (AvgIpc) is 3.31. The largest absolute Gasteiger partial charge is 0.478 e. The minimum atomic E-state index is -1.42. The van der Waals surface area contributed by atoms with Gasteiger partial charge in [-0.05, 0) is 11.1 Å². The van der Waals surface area contributed by atoms with Crippen molar-refractivity contribution in [3.8, 4) is 0 Å². The molecule has 2 atom stereocenters. The van der Waals surface area contributed by atoms with Gasteiger partial charge in [-0.2, -0.15) is 0 Å². The molecule has 2 heterocycles. The second-order valence-corrected chi connectivity index (χ2v) is 6.02. The third-order valence-corrected chi connectivity index (χ3v) is 4.51. The van der Waals surface area contributed by atoms with Crippen LogP contribution < -0.4 is 0 Å². The van der Waals surface area contributed by atoms with Crippen LogP contribution in [0.3, 0.4) is 0 Å². The molecule has 0 amide bonds. The van der Waals surface area contributed by atoms with E-state index in [1.807, 2.05) is 0 Å². The Morgan fingerprint density at radius 2 is 1.23 bits per heavy atom. The number of hydrogen-bond donors (Lipinski definition) is 2. The highest BCUT2D eigenvalue weighted by molar-refractivity contribution is 6.39. The summed E-state index contributed by atoms with van der Waals surface area (Å²) < 4.78 is 10.3. The average molecular weight is 347 g/mol. The Bertz CT molecular complexity index is 607. The van der Waals surface area contributed by atoms with Crippen LogP contribution in [0.1, 0.15) is 31.8 Å². The number of aromatic carboxylic acids is 2. The number of ether oxygens (including phenoxy) is 2. The lowest BCUT2D eigenvalue weighted by molar-refractivity contribution is 0.0651. The van der Waals surface area contributed by atoms with Crippen LogP contribution in [0.5, 0.6) is 0 Å². The van der Waals surface area contributed by atoms with Gasteiger partial charge < -0.3 is 19.7 Å². The summed E-state index contributed by atoms with van der Waals surface area (Å²) in [4.78, 5) is 22.9. The van der Waals surface area contributed by atoms with Crippen LogP contribution in [0.4, 0.5) is 0 Å². The summed E-state index contributed by atoms with van der Waals surface area (Å²) in [6, 6.07) is 0. The van der Waals surface area contributed by atoms with Gasteiger partial charge in [0.15, 0.2) is 0 Å². The molecule has 0 saturated carbocycles. The first-order valence-corrected chi connectivity index (χ1v) is 7.38. The van der Waals surface area contributed by atoms with E-state index in [4.69, 9.17) is 32.7 Å². The van der Waals surface area contributed by atoms with Crippen molar-refractivity contribution >= 4 is 35.1 Å². The van der Waals surface area contributed by atoms with E-state index in [0.29, 0.717) is 37.2 Å². The van der Waals surface area contributed by atoms with Crippen molar-refractivity contribution in [2.24, 2.45) is 0 Å². The fourth-order valence-electron chi connectivity index (χ4n) is 2.44. The van der Waals surface area contributed by atoms with Gasteiger partial charge in [-0.15, -0.1) is 0 Å². The molecule has 2 N–H and O–H groups in total. The van der Waals surface area contributed by atoms with Gasteiger partial charge in [0.1, 0.15) is 0 Å². The monoisotopic (exact) mass is 346 g/mol. The van der Waals surface area contributed by atoms with Gasteiger partial charge in [0.25, 0.3) is 0 Å². The molecule has 22 heavy (non-hydrogen) atoms. The summed E-state index contributed by atoms with van der Waals surface area (Å²) >= 11 is 12.4. The normalized spacial score (nSPS) is 22.5. The Morgan fingerprint density at radius 1 is 0.909 bits per heavy atom. The Hall–Kier alpha value is -1.34. The topological polar surface area (TPSA) is 99.7 Å². The fourth-order valence-corrected chi connectivity index (χ4v) is 3.17. The molecule has 0 aromatic heterocycles. The van der Waals surface area contributed by atoms with Crippen LogP contribution in [-0.4, -0.2) is 47.6 Å². The van der Waals surface area contributed by atoms with Crippen LogP contribution in [-0.2, 0) is 22.3 Å². The van der Waals surface area contributed by atoms with E-state index in [-0.39, 0.29) is 22.3 Å². The Kier molecular flexibility index (Phi) is 4.03. The standard InChI is InChI=1S/C14H12Cl2O6/c15-11-7(1-5-3-21-5)8(2-6-4-22-6)12(16)10(14(19)20)9(11)13(17)18/h5-6H,1-4H2,(H,17,18)(H,19,20). The zero-order valence-electron chi connectivity index (χ0n) is 11.3. The van der Waals surface area contributed by atoms with Gasteiger partial charge in [-0.25, -0.2) is 9.59 Å². The predicted octanol–water partition coefficient (Wildman–Crippen LogP) is 2.27. The second kappa shape index (κ2) is 5.70. The molecule has 1 aromatic carbocycles. The molecule has 1 aromatic rings. The zero-order chi connectivity index (χ0) is 16.0. The molecule has 2 aliphatic heterocycles. The van der Waals surface area contributed by atoms with Gasteiger partial charge in [0.05, 0.1) is 46.6 Å². The minimum Gasteiger partial charge on any atom is -0.478 e. The van der Waals surface area contributed by atoms with Crippen molar-refractivity contribution in [1.82, 2.24) is 0 Å². The van der Waals surface area contributed by atoms with Crippen LogP contribution >= 0.6 is 23.2 Å². The molecular weight excluding hydrogens is 335 g/mol. The first kappa shape index (κ1) is 15.6. The van der Waals surface area contributed by atoms with Crippen LogP contribution in [0.2, 0.25) is 10.0 Å². The van der Waals surface area contributed by atoms with Crippen LogP contribution in [0, 0.1) is 0 Å². The molecule has 0 spiro atoms. The molecule has 0 aliphatic carbocycles. The van der Waals surface area contributed by atoms with Crippen molar-refractivity contribution in [3.05, 3.63) is 32.3 Å². The van der Waals surface area contributed by atoms with Crippen molar-refractivity contribution in [2.45, 2.75) is 25.0 Å². The minimum absolute atomic E-state index is 0.0373. The predicted molar refractivity (Wildman–Crippen MR) is 77.3 cm³/mol. The summed E-state index contributed by atoms with van der Waals surface area (Å²) in [6.45, 7) is 1.13. The molecule has 3 rings (SSSR count). The SMILES string of the molecule is O=C(O)c1c(Cl)c(CC2CO2)c(CC2CO2)c(Cl)c1C(=O)O. The van der Waals surface area contributed by atoms with Gasteiger partial charge in [0.2, 0.25) is 0 Å². The maximum Gasteiger partial charge on any atom is 0.338 e. The zero-order valence-corrected chi connectivity index (χ0v) is 12.8. The van der Waals surface area contributed by atoms with E-state index in [9.17, 15) is 19.8 Å². The van der Waals surface area contributed by atoms with Gasteiger partial charge in [-0.3, -0.25) is 0 Å². The van der Waals surface area contributed by atoms with Crippen molar-refractivity contribution < 1.29 is 29.3 Å². The smallest absolute Gasteiger partial charge is 0.338 e. The third kappa shape index (κ3) is 2.92. The number of carboxylic acid groups (broad SMARTS) is 2. The Labute approximate surface area is 135 Å². The van der Waals surface area contributed by atoms with Crippen molar-refractivity contribution in [3.63, 3.8) is 0 Å². The van der Waals surface area contributed by atoms with E-state index in [1.165, 1.54) is 0 Å². The maximum absolute atomic E-state index is 11.4. The summed E-state index contributed by atoms with van der Waals surface area (Å²) in [7, 11) is 0. The second-order valence-electron chi connectivity index (χ2n) is 5.26. The van der Waals surface area contributed by atoms with E-state index in [2.05, 4.69) is 0 Å². The molecule has 118 valence electrons. The first-order chi connectivity index (χ1) is 10.4. The lowest BCUT2D eigenvalue weighted by atomic mass is 9.92. The highest BCUT2D eigenvalue weighted by Gasteiger charge is 2.35. The molecule has 2 aliphatic rings. The van der Waals surface area contributed by atoms with Gasteiger partial charge in [0, 0.05) is 12.8 Å². The number of hydrogen-bond acceptors (Lipinski definition) is 4. The van der Waals surface area contributed by atoms with Crippen LogP contribution in [0.15, 0.2) is 0 Å². The lowest BCUT2D eigenvalue weighted by Gasteiger charge is -2.17. The number of carboxylic acids is 2. The maximum atomic E-state index is 11.4. The van der Waals surface area contributed by atoms with Gasteiger partial charge >= 0.3 is 11.9 Å². The molecule has 0 bridgehead atoms. The summed E-state index contributed by atoms with van der Waals surface area (Å²) in [5, 5.41) is 18.5.